The van der Waals surface area contributed by atoms with Crippen molar-refractivity contribution in [2.75, 3.05) is 6.61 Å². The van der Waals surface area contributed by atoms with Gasteiger partial charge in [0.1, 0.15) is 5.75 Å². The second kappa shape index (κ2) is 15.3. The largest absolute Gasteiger partial charge is 0.490 e. The van der Waals surface area contributed by atoms with Crippen molar-refractivity contribution in [3.63, 3.8) is 0 Å². The highest BCUT2D eigenvalue weighted by atomic mass is 32.2. The smallest absolute Gasteiger partial charge is 0.407 e. The molecule has 248 valence electrons. The standard InChI is InChI=1S/C37H42N2O7S/c1-25(2)46-32-24-29(20-21-31(32)35(41)39-47(43,44)30-14-10-7-11-15-30)27-18-16-26(17-19-27)22-23-45-36(42)38-34(37(3,4)5)33(40)28-12-8-6-9-13-28/h6-21,24-25,33-34,40H,22-23H2,1-5H3,(H,38,42)(H,39,41)/t33-,34?/m1/s1. The number of alkyl carbamates (subject to hydrolysis) is 1. The normalized spacial score (nSPS) is 13.0. The Bertz CT molecular complexity index is 1750. The lowest BCUT2D eigenvalue weighted by molar-refractivity contribution is 0.0613. The van der Waals surface area contributed by atoms with Gasteiger partial charge in [0.25, 0.3) is 15.9 Å². The Kier molecular flexibility index (Phi) is 11.4. The van der Waals surface area contributed by atoms with Gasteiger partial charge in [-0.1, -0.05) is 99.6 Å². The molecule has 0 saturated heterocycles. The number of carbonyl (C=O) groups excluding carboxylic acids is 2. The molecular formula is C37H42N2O7S. The highest BCUT2D eigenvalue weighted by Crippen LogP contribution is 2.31. The van der Waals surface area contributed by atoms with Gasteiger partial charge in [0.05, 0.1) is 35.3 Å². The maximum Gasteiger partial charge on any atom is 0.407 e. The zero-order valence-corrected chi connectivity index (χ0v) is 28.1. The Morgan fingerprint density at radius 1 is 0.830 bits per heavy atom. The van der Waals surface area contributed by atoms with E-state index in [0.717, 1.165) is 16.7 Å². The first-order chi connectivity index (χ1) is 22.2. The topological polar surface area (TPSA) is 131 Å². The van der Waals surface area contributed by atoms with Crippen molar-refractivity contribution in [2.45, 2.75) is 64.2 Å². The maximum atomic E-state index is 13.1. The van der Waals surface area contributed by atoms with Crippen molar-refractivity contribution < 1.29 is 32.6 Å². The van der Waals surface area contributed by atoms with Crippen LogP contribution in [0.2, 0.25) is 0 Å². The Labute approximate surface area is 277 Å². The molecule has 9 nitrogen and oxygen atoms in total. The van der Waals surface area contributed by atoms with Crippen LogP contribution in [0.5, 0.6) is 5.75 Å². The van der Waals surface area contributed by atoms with Crippen LogP contribution in [0.4, 0.5) is 4.79 Å². The average molecular weight is 659 g/mol. The van der Waals surface area contributed by atoms with Gasteiger partial charge in [-0.05, 0) is 65.8 Å². The van der Waals surface area contributed by atoms with Crippen LogP contribution in [0, 0.1) is 5.41 Å². The minimum absolute atomic E-state index is 0.0154. The Hall–Kier alpha value is -4.67. The molecule has 0 radical (unpaired) electrons. The second-order valence-corrected chi connectivity index (χ2v) is 14.2. The van der Waals surface area contributed by atoms with E-state index >= 15 is 0 Å². The SMILES string of the molecule is CC(C)Oc1cc(-c2ccc(CCOC(=O)NC([C@H](O)c3ccccc3)C(C)(C)C)cc2)ccc1C(=O)NS(=O)(=O)c1ccccc1. The monoisotopic (exact) mass is 658 g/mol. The summed E-state index contributed by atoms with van der Waals surface area (Å²) in [4.78, 5) is 25.7. The van der Waals surface area contributed by atoms with Crippen molar-refractivity contribution in [3.8, 4) is 16.9 Å². The fourth-order valence-corrected chi connectivity index (χ4v) is 5.97. The predicted octanol–water partition coefficient (Wildman–Crippen LogP) is 6.68. The number of aliphatic hydroxyl groups excluding tert-OH is 1. The summed E-state index contributed by atoms with van der Waals surface area (Å²) in [7, 11) is -4.06. The molecule has 0 aliphatic carbocycles. The van der Waals surface area contributed by atoms with Crippen LogP contribution in [-0.4, -0.2) is 44.3 Å². The number of hydrogen-bond acceptors (Lipinski definition) is 7. The van der Waals surface area contributed by atoms with E-state index < -0.39 is 39.6 Å². The molecule has 0 saturated carbocycles. The summed E-state index contributed by atoms with van der Waals surface area (Å²) >= 11 is 0. The highest BCUT2D eigenvalue weighted by molar-refractivity contribution is 7.90. The molecule has 0 bridgehead atoms. The van der Waals surface area contributed by atoms with Gasteiger partial charge in [-0.25, -0.2) is 17.9 Å². The van der Waals surface area contributed by atoms with E-state index in [4.69, 9.17) is 9.47 Å². The molecule has 2 atom stereocenters. The number of rotatable bonds is 12. The molecule has 1 unspecified atom stereocenters. The average Bonchev–Trinajstić information content (AvgIpc) is 3.03. The van der Waals surface area contributed by atoms with Crippen LogP contribution in [-0.2, 0) is 21.2 Å². The molecule has 4 aromatic rings. The highest BCUT2D eigenvalue weighted by Gasteiger charge is 2.34. The molecule has 0 heterocycles. The minimum atomic E-state index is -4.06. The third-order valence-electron chi connectivity index (χ3n) is 7.44. The fourth-order valence-electron chi connectivity index (χ4n) is 4.98. The van der Waals surface area contributed by atoms with Crippen molar-refractivity contribution in [1.29, 1.82) is 0 Å². The van der Waals surface area contributed by atoms with Gasteiger partial charge in [-0.2, -0.15) is 0 Å². The number of nitrogens with one attached hydrogen (secondary N) is 2. The summed E-state index contributed by atoms with van der Waals surface area (Å²) in [6, 6.07) is 29.0. The quantitative estimate of drug-likeness (QED) is 0.155. The van der Waals surface area contributed by atoms with E-state index in [-0.39, 0.29) is 28.9 Å². The van der Waals surface area contributed by atoms with Crippen LogP contribution >= 0.6 is 0 Å². The van der Waals surface area contributed by atoms with E-state index in [1.807, 2.05) is 89.2 Å². The Morgan fingerprint density at radius 3 is 2.02 bits per heavy atom. The summed E-state index contributed by atoms with van der Waals surface area (Å²) in [6.07, 6.45) is -1.28. The summed E-state index contributed by atoms with van der Waals surface area (Å²) < 4.78 is 39.0. The van der Waals surface area contributed by atoms with Gasteiger partial charge in [0, 0.05) is 6.42 Å². The molecule has 3 N–H and O–H groups in total. The molecule has 0 spiro atoms. The molecule has 10 heteroatoms. The number of aliphatic hydroxyl groups is 1. The van der Waals surface area contributed by atoms with Crippen LogP contribution < -0.4 is 14.8 Å². The van der Waals surface area contributed by atoms with Crippen LogP contribution in [0.3, 0.4) is 0 Å². The number of benzene rings is 4. The van der Waals surface area contributed by atoms with Gasteiger partial charge in [-0.15, -0.1) is 0 Å². The lowest BCUT2D eigenvalue weighted by Gasteiger charge is -2.35. The molecule has 4 aromatic carbocycles. The molecule has 0 aliphatic heterocycles. The van der Waals surface area contributed by atoms with Gasteiger partial charge in [-0.3, -0.25) is 4.79 Å². The first-order valence-corrected chi connectivity index (χ1v) is 16.9. The second-order valence-electron chi connectivity index (χ2n) is 12.6. The molecule has 0 aliphatic rings. The minimum Gasteiger partial charge on any atom is -0.490 e. The van der Waals surface area contributed by atoms with Crippen molar-refractivity contribution >= 4 is 22.0 Å². The number of carbonyl (C=O) groups is 2. The number of sulfonamides is 1. The van der Waals surface area contributed by atoms with E-state index in [0.29, 0.717) is 12.0 Å². The van der Waals surface area contributed by atoms with Crippen molar-refractivity contribution in [2.24, 2.45) is 5.41 Å². The number of hydrogen-bond donors (Lipinski definition) is 3. The summed E-state index contributed by atoms with van der Waals surface area (Å²) in [6.45, 7) is 9.63. The molecule has 0 fully saturated rings. The summed E-state index contributed by atoms with van der Waals surface area (Å²) in [5.41, 5.74) is 2.96. The Balaban J connectivity index is 1.39. The predicted molar refractivity (Wildman–Crippen MR) is 182 cm³/mol. The first-order valence-electron chi connectivity index (χ1n) is 15.4. The molecule has 47 heavy (non-hydrogen) atoms. The Morgan fingerprint density at radius 2 is 1.43 bits per heavy atom. The fraction of sp³-hybridized carbons (Fsp3) is 0.297. The summed E-state index contributed by atoms with van der Waals surface area (Å²) in [5.74, 6) is -0.536. The van der Waals surface area contributed by atoms with Crippen molar-refractivity contribution in [3.05, 3.63) is 120 Å². The van der Waals surface area contributed by atoms with Crippen LogP contribution in [0.25, 0.3) is 11.1 Å². The van der Waals surface area contributed by atoms with Gasteiger partial charge >= 0.3 is 6.09 Å². The molecular weight excluding hydrogens is 616 g/mol. The zero-order chi connectivity index (χ0) is 34.2. The van der Waals surface area contributed by atoms with Crippen LogP contribution in [0.1, 0.15) is 62.2 Å². The molecule has 0 aromatic heterocycles. The third kappa shape index (κ3) is 9.67. The van der Waals surface area contributed by atoms with Gasteiger partial charge < -0.3 is 19.9 Å². The molecule has 4 rings (SSSR count). The van der Waals surface area contributed by atoms with E-state index in [9.17, 15) is 23.1 Å². The van der Waals surface area contributed by atoms with Crippen molar-refractivity contribution in [1.82, 2.24) is 10.0 Å². The lowest BCUT2D eigenvalue weighted by atomic mass is 9.81. The molecule has 2 amide bonds. The number of ether oxygens (including phenoxy) is 2. The van der Waals surface area contributed by atoms with E-state index in [1.165, 1.54) is 12.1 Å². The number of amides is 2. The van der Waals surface area contributed by atoms with Gasteiger partial charge in [0.2, 0.25) is 0 Å². The maximum absolute atomic E-state index is 13.1. The summed E-state index contributed by atoms with van der Waals surface area (Å²) in [5, 5.41) is 13.8. The first kappa shape index (κ1) is 35.2. The lowest BCUT2D eigenvalue weighted by Crippen LogP contribution is -2.48. The van der Waals surface area contributed by atoms with Crippen LogP contribution in [0.15, 0.2) is 108 Å². The van der Waals surface area contributed by atoms with E-state index in [1.54, 1.807) is 36.4 Å². The zero-order valence-electron chi connectivity index (χ0n) is 27.3. The van der Waals surface area contributed by atoms with Gasteiger partial charge in [0.15, 0.2) is 0 Å². The third-order valence-corrected chi connectivity index (χ3v) is 8.79. The van der Waals surface area contributed by atoms with E-state index in [2.05, 4.69) is 10.0 Å².